The van der Waals surface area contributed by atoms with Crippen LogP contribution in [0, 0.1) is 0 Å². The quantitative estimate of drug-likeness (QED) is 0.673. The number of nitrogens with two attached hydrogens (primary N) is 1. The van der Waals surface area contributed by atoms with Crippen LogP contribution < -0.4 is 5.73 Å². The van der Waals surface area contributed by atoms with Gasteiger partial charge in [0.05, 0.1) is 5.56 Å². The van der Waals surface area contributed by atoms with Crippen LogP contribution in [0.4, 0.5) is 5.82 Å². The van der Waals surface area contributed by atoms with Crippen molar-refractivity contribution >= 4 is 12.1 Å². The molecule has 0 spiro atoms. The van der Waals surface area contributed by atoms with E-state index in [1.807, 2.05) is 6.92 Å². The van der Waals surface area contributed by atoms with Crippen molar-refractivity contribution in [1.29, 1.82) is 0 Å². The van der Waals surface area contributed by atoms with Crippen molar-refractivity contribution in [3.8, 4) is 0 Å². The number of carbonyl (C=O) groups is 1. The Hall–Kier alpha value is -1.45. The fourth-order valence-corrected chi connectivity index (χ4v) is 0.878. The van der Waals surface area contributed by atoms with E-state index < -0.39 is 0 Å². The number of anilines is 1. The van der Waals surface area contributed by atoms with Crippen molar-refractivity contribution in [2.75, 3.05) is 5.73 Å². The Morgan fingerprint density at radius 3 is 2.92 bits per heavy atom. The van der Waals surface area contributed by atoms with Gasteiger partial charge in [0.15, 0.2) is 6.29 Å². The maximum Gasteiger partial charge on any atom is 0.155 e. The van der Waals surface area contributed by atoms with Gasteiger partial charge in [-0.05, 0) is 6.42 Å². The molecule has 0 atom stereocenters. The average molecular weight is 165 g/mol. The lowest BCUT2D eigenvalue weighted by atomic mass is 10.3. The summed E-state index contributed by atoms with van der Waals surface area (Å²) in [7, 11) is 0. The minimum absolute atomic E-state index is 0.267. The first-order valence-electron chi connectivity index (χ1n) is 3.84. The lowest BCUT2D eigenvalue weighted by Crippen LogP contribution is -2.02. The summed E-state index contributed by atoms with van der Waals surface area (Å²) in [5, 5.41) is 0. The summed E-state index contributed by atoms with van der Waals surface area (Å²) in [6, 6.07) is 0. The monoisotopic (exact) mass is 165 g/mol. The molecular weight excluding hydrogens is 154 g/mol. The number of nitrogen functional groups attached to an aromatic ring is 1. The number of aldehydes is 1. The molecule has 12 heavy (non-hydrogen) atoms. The zero-order valence-electron chi connectivity index (χ0n) is 6.95. The van der Waals surface area contributed by atoms with Gasteiger partial charge in [0.2, 0.25) is 0 Å². The number of aromatic nitrogens is 2. The third-order valence-electron chi connectivity index (χ3n) is 1.50. The number of nitrogens with zero attached hydrogens (tertiary/aromatic N) is 2. The van der Waals surface area contributed by atoms with Crippen LogP contribution in [0.2, 0.25) is 0 Å². The first-order chi connectivity index (χ1) is 5.77. The minimum Gasteiger partial charge on any atom is -0.383 e. The average Bonchev–Trinajstić information content (AvgIpc) is 2.05. The van der Waals surface area contributed by atoms with E-state index in [0.29, 0.717) is 17.7 Å². The molecule has 0 aliphatic carbocycles. The van der Waals surface area contributed by atoms with Crippen molar-refractivity contribution in [3.63, 3.8) is 0 Å². The molecule has 0 radical (unpaired) electrons. The predicted octanol–water partition coefficient (Wildman–Crippen LogP) is 0.824. The summed E-state index contributed by atoms with van der Waals surface area (Å²) in [5.74, 6) is 0.962. The van der Waals surface area contributed by atoms with E-state index in [4.69, 9.17) is 5.73 Å². The zero-order valence-corrected chi connectivity index (χ0v) is 6.95. The van der Waals surface area contributed by atoms with Crippen LogP contribution in [0.1, 0.15) is 29.5 Å². The minimum atomic E-state index is 0.267. The number of hydrogen-bond donors (Lipinski definition) is 1. The van der Waals surface area contributed by atoms with Gasteiger partial charge in [-0.3, -0.25) is 4.79 Å². The molecule has 1 rings (SSSR count). The van der Waals surface area contributed by atoms with Crippen LogP contribution in [-0.4, -0.2) is 16.3 Å². The molecule has 0 aliphatic heterocycles. The van der Waals surface area contributed by atoms with E-state index in [0.717, 1.165) is 12.8 Å². The Kier molecular flexibility index (Phi) is 2.74. The Labute approximate surface area is 70.8 Å². The Morgan fingerprint density at radius 2 is 2.42 bits per heavy atom. The number of rotatable bonds is 3. The van der Waals surface area contributed by atoms with Gasteiger partial charge in [-0.15, -0.1) is 0 Å². The van der Waals surface area contributed by atoms with Crippen LogP contribution in [-0.2, 0) is 6.42 Å². The fraction of sp³-hybridized carbons (Fsp3) is 0.375. The van der Waals surface area contributed by atoms with Crippen LogP contribution in [0.25, 0.3) is 0 Å². The molecule has 0 fully saturated rings. The third kappa shape index (κ3) is 1.78. The van der Waals surface area contributed by atoms with Gasteiger partial charge in [0.1, 0.15) is 11.6 Å². The van der Waals surface area contributed by atoms with Gasteiger partial charge < -0.3 is 5.73 Å². The van der Waals surface area contributed by atoms with E-state index in [-0.39, 0.29) is 5.82 Å². The normalized spacial score (nSPS) is 9.75. The first-order valence-corrected chi connectivity index (χ1v) is 3.84. The van der Waals surface area contributed by atoms with Gasteiger partial charge in [0.25, 0.3) is 0 Å². The standard InChI is InChI=1S/C8H11N3O/c1-2-3-7-10-4-6(5-12)8(9)11-7/h4-5H,2-3H2,1H3,(H2,9,10,11). The van der Waals surface area contributed by atoms with E-state index in [1.54, 1.807) is 0 Å². The zero-order chi connectivity index (χ0) is 8.97. The third-order valence-corrected chi connectivity index (χ3v) is 1.50. The van der Waals surface area contributed by atoms with Gasteiger partial charge in [-0.1, -0.05) is 6.92 Å². The number of aryl methyl sites for hydroxylation is 1. The molecule has 64 valence electrons. The van der Waals surface area contributed by atoms with E-state index in [9.17, 15) is 4.79 Å². The first kappa shape index (κ1) is 8.64. The Bertz CT molecular complexity index is 286. The molecule has 1 aromatic rings. The molecule has 1 heterocycles. The number of carbonyl (C=O) groups excluding carboxylic acids is 1. The second-order valence-corrected chi connectivity index (χ2v) is 2.49. The SMILES string of the molecule is CCCc1ncc(C=O)c(N)n1. The lowest BCUT2D eigenvalue weighted by molar-refractivity contribution is 0.112. The van der Waals surface area contributed by atoms with Crippen molar-refractivity contribution in [1.82, 2.24) is 9.97 Å². The molecule has 0 saturated heterocycles. The van der Waals surface area contributed by atoms with Crippen molar-refractivity contribution in [2.45, 2.75) is 19.8 Å². The molecular formula is C8H11N3O. The summed E-state index contributed by atoms with van der Waals surface area (Å²) in [4.78, 5) is 18.3. The highest BCUT2D eigenvalue weighted by Gasteiger charge is 2.01. The summed E-state index contributed by atoms with van der Waals surface area (Å²) in [6.45, 7) is 2.03. The molecule has 0 amide bonds. The van der Waals surface area contributed by atoms with Crippen LogP contribution in [0.3, 0.4) is 0 Å². The van der Waals surface area contributed by atoms with E-state index >= 15 is 0 Å². The van der Waals surface area contributed by atoms with Crippen molar-refractivity contribution in [3.05, 3.63) is 17.6 Å². The highest BCUT2D eigenvalue weighted by Crippen LogP contribution is 2.05. The largest absolute Gasteiger partial charge is 0.383 e. The maximum atomic E-state index is 10.3. The van der Waals surface area contributed by atoms with Crippen LogP contribution in [0.15, 0.2) is 6.20 Å². The molecule has 4 heteroatoms. The molecule has 0 bridgehead atoms. The van der Waals surface area contributed by atoms with Gasteiger partial charge >= 0.3 is 0 Å². The number of hydrogen-bond acceptors (Lipinski definition) is 4. The second kappa shape index (κ2) is 3.80. The molecule has 0 aliphatic rings. The Balaban J connectivity index is 2.93. The highest BCUT2D eigenvalue weighted by atomic mass is 16.1. The molecule has 1 aromatic heterocycles. The van der Waals surface area contributed by atoms with Crippen LogP contribution in [0.5, 0.6) is 0 Å². The smallest absolute Gasteiger partial charge is 0.155 e. The molecule has 4 nitrogen and oxygen atoms in total. The second-order valence-electron chi connectivity index (χ2n) is 2.49. The molecule has 2 N–H and O–H groups in total. The van der Waals surface area contributed by atoms with Crippen molar-refractivity contribution < 1.29 is 4.79 Å². The van der Waals surface area contributed by atoms with E-state index in [1.165, 1.54) is 6.20 Å². The fourth-order valence-electron chi connectivity index (χ4n) is 0.878. The topological polar surface area (TPSA) is 68.9 Å². The molecule has 0 aromatic carbocycles. The van der Waals surface area contributed by atoms with Crippen LogP contribution >= 0.6 is 0 Å². The van der Waals surface area contributed by atoms with Crippen molar-refractivity contribution in [2.24, 2.45) is 0 Å². The summed E-state index contributed by atoms with van der Waals surface area (Å²) < 4.78 is 0. The Morgan fingerprint density at radius 1 is 1.67 bits per heavy atom. The maximum absolute atomic E-state index is 10.3. The predicted molar refractivity (Wildman–Crippen MR) is 45.8 cm³/mol. The molecule has 0 unspecified atom stereocenters. The summed E-state index contributed by atoms with van der Waals surface area (Å²) >= 11 is 0. The summed E-state index contributed by atoms with van der Waals surface area (Å²) in [6.07, 6.45) is 3.88. The summed E-state index contributed by atoms with van der Waals surface area (Å²) in [5.41, 5.74) is 5.84. The van der Waals surface area contributed by atoms with Gasteiger partial charge in [-0.25, -0.2) is 9.97 Å². The lowest BCUT2D eigenvalue weighted by Gasteiger charge is -1.99. The molecule has 0 saturated carbocycles. The van der Waals surface area contributed by atoms with Gasteiger partial charge in [-0.2, -0.15) is 0 Å². The van der Waals surface area contributed by atoms with E-state index in [2.05, 4.69) is 9.97 Å². The highest BCUT2D eigenvalue weighted by molar-refractivity contribution is 5.80. The van der Waals surface area contributed by atoms with Gasteiger partial charge in [0, 0.05) is 12.6 Å².